The Bertz CT molecular complexity index is 786. The third kappa shape index (κ3) is 3.86. The highest BCUT2D eigenvalue weighted by molar-refractivity contribution is 5.98. The minimum absolute atomic E-state index is 0.0660. The standard InChI is InChI=1S/C20H22N2O4/c1-13-7-6-8-14(2)18(13)21-19(24)17-11-15(23)12-22(17)20(25)26-16-9-4-3-5-10-16/h3-10,15,17,23H,11-12H2,1-2H3,(H,21,24). The van der Waals surface area contributed by atoms with Gasteiger partial charge in [0, 0.05) is 12.1 Å². The van der Waals surface area contributed by atoms with Gasteiger partial charge in [0.15, 0.2) is 0 Å². The second-order valence-electron chi connectivity index (χ2n) is 6.49. The Morgan fingerprint density at radius 2 is 1.73 bits per heavy atom. The van der Waals surface area contributed by atoms with Gasteiger partial charge < -0.3 is 15.2 Å². The van der Waals surface area contributed by atoms with Crippen molar-refractivity contribution >= 4 is 17.7 Å². The second kappa shape index (κ2) is 7.58. The zero-order valence-electron chi connectivity index (χ0n) is 14.8. The van der Waals surface area contributed by atoms with E-state index in [1.165, 1.54) is 4.90 Å². The minimum Gasteiger partial charge on any atom is -0.410 e. The predicted octanol–water partition coefficient (Wildman–Crippen LogP) is 2.88. The lowest BCUT2D eigenvalue weighted by molar-refractivity contribution is -0.119. The highest BCUT2D eigenvalue weighted by Crippen LogP contribution is 2.24. The Hall–Kier alpha value is -2.86. The van der Waals surface area contributed by atoms with Crippen molar-refractivity contribution in [3.63, 3.8) is 0 Å². The van der Waals surface area contributed by atoms with E-state index < -0.39 is 18.2 Å². The van der Waals surface area contributed by atoms with Gasteiger partial charge >= 0.3 is 6.09 Å². The van der Waals surface area contributed by atoms with Crippen molar-refractivity contribution in [2.75, 3.05) is 11.9 Å². The summed E-state index contributed by atoms with van der Waals surface area (Å²) in [4.78, 5) is 26.5. The number of β-amino-alcohol motifs (C(OH)–C–C–N with tert-alkyl or cyclic N) is 1. The van der Waals surface area contributed by atoms with Crippen LogP contribution in [-0.4, -0.2) is 40.7 Å². The van der Waals surface area contributed by atoms with Crippen molar-refractivity contribution < 1.29 is 19.4 Å². The van der Waals surface area contributed by atoms with E-state index in [9.17, 15) is 14.7 Å². The number of amides is 2. The van der Waals surface area contributed by atoms with Gasteiger partial charge in [0.2, 0.25) is 5.91 Å². The fourth-order valence-electron chi connectivity index (χ4n) is 3.13. The first-order valence-electron chi connectivity index (χ1n) is 8.54. The number of rotatable bonds is 3. The van der Waals surface area contributed by atoms with Crippen LogP contribution in [-0.2, 0) is 4.79 Å². The summed E-state index contributed by atoms with van der Waals surface area (Å²) in [5, 5.41) is 12.9. The molecule has 1 saturated heterocycles. The van der Waals surface area contributed by atoms with E-state index in [1.54, 1.807) is 24.3 Å². The summed E-state index contributed by atoms with van der Waals surface area (Å²) in [5.41, 5.74) is 2.61. The summed E-state index contributed by atoms with van der Waals surface area (Å²) in [6, 6.07) is 13.6. The van der Waals surface area contributed by atoms with Gasteiger partial charge in [-0.1, -0.05) is 36.4 Å². The summed E-state index contributed by atoms with van der Waals surface area (Å²) < 4.78 is 5.32. The average Bonchev–Trinajstić information content (AvgIpc) is 3.01. The molecular weight excluding hydrogens is 332 g/mol. The maximum atomic E-state index is 12.8. The Labute approximate surface area is 152 Å². The van der Waals surface area contributed by atoms with E-state index in [2.05, 4.69) is 5.32 Å². The molecule has 6 nitrogen and oxygen atoms in total. The molecule has 2 atom stereocenters. The van der Waals surface area contributed by atoms with E-state index in [4.69, 9.17) is 4.74 Å². The van der Waals surface area contributed by atoms with Crippen molar-refractivity contribution in [2.24, 2.45) is 0 Å². The smallest absolute Gasteiger partial charge is 0.410 e. The number of hydrogen-bond acceptors (Lipinski definition) is 4. The van der Waals surface area contributed by atoms with Crippen molar-refractivity contribution in [2.45, 2.75) is 32.4 Å². The third-order valence-corrected chi connectivity index (χ3v) is 4.49. The van der Waals surface area contributed by atoms with Gasteiger partial charge in [-0.2, -0.15) is 0 Å². The minimum atomic E-state index is -0.778. The molecule has 2 aromatic rings. The van der Waals surface area contributed by atoms with Crippen LogP contribution in [0.25, 0.3) is 0 Å². The molecule has 1 aliphatic rings. The summed E-state index contributed by atoms with van der Waals surface area (Å²) in [5.74, 6) is 0.0664. The van der Waals surface area contributed by atoms with E-state index in [-0.39, 0.29) is 18.9 Å². The largest absolute Gasteiger partial charge is 0.416 e. The lowest BCUT2D eigenvalue weighted by Gasteiger charge is -2.23. The first-order valence-corrected chi connectivity index (χ1v) is 8.54. The molecule has 2 unspecified atom stereocenters. The van der Waals surface area contributed by atoms with Crippen LogP contribution >= 0.6 is 0 Å². The molecule has 2 aromatic carbocycles. The predicted molar refractivity (Wildman–Crippen MR) is 98.1 cm³/mol. The van der Waals surface area contributed by atoms with Gasteiger partial charge in [0.05, 0.1) is 12.6 Å². The monoisotopic (exact) mass is 354 g/mol. The van der Waals surface area contributed by atoms with E-state index >= 15 is 0 Å². The van der Waals surface area contributed by atoms with Crippen LogP contribution in [0.5, 0.6) is 5.75 Å². The van der Waals surface area contributed by atoms with E-state index in [1.807, 2.05) is 38.1 Å². The molecule has 1 fully saturated rings. The number of anilines is 1. The van der Waals surface area contributed by atoms with E-state index in [0.717, 1.165) is 16.8 Å². The summed E-state index contributed by atoms with van der Waals surface area (Å²) in [6.45, 7) is 3.89. The second-order valence-corrected chi connectivity index (χ2v) is 6.49. The van der Waals surface area contributed by atoms with Crippen LogP contribution < -0.4 is 10.1 Å². The molecule has 2 amide bonds. The van der Waals surface area contributed by atoms with Crippen molar-refractivity contribution in [3.8, 4) is 5.75 Å². The normalized spacial score (nSPS) is 19.3. The summed E-state index contributed by atoms with van der Waals surface area (Å²) >= 11 is 0. The zero-order valence-corrected chi connectivity index (χ0v) is 14.8. The summed E-state index contributed by atoms with van der Waals surface area (Å²) in [6.07, 6.45) is -1.22. The van der Waals surface area contributed by atoms with Crippen molar-refractivity contribution in [1.82, 2.24) is 4.90 Å². The fraction of sp³-hybridized carbons (Fsp3) is 0.300. The number of nitrogens with one attached hydrogen (secondary N) is 1. The number of aliphatic hydroxyl groups excluding tert-OH is 1. The molecule has 0 radical (unpaired) electrons. The van der Waals surface area contributed by atoms with Gasteiger partial charge in [-0.3, -0.25) is 9.69 Å². The Morgan fingerprint density at radius 3 is 2.38 bits per heavy atom. The van der Waals surface area contributed by atoms with Crippen molar-refractivity contribution in [3.05, 3.63) is 59.7 Å². The van der Waals surface area contributed by atoms with Gasteiger partial charge in [-0.05, 0) is 37.1 Å². The fourth-order valence-corrected chi connectivity index (χ4v) is 3.13. The third-order valence-electron chi connectivity index (χ3n) is 4.49. The number of ether oxygens (including phenoxy) is 1. The lowest BCUT2D eigenvalue weighted by Crippen LogP contribution is -2.44. The SMILES string of the molecule is Cc1cccc(C)c1NC(=O)C1CC(O)CN1C(=O)Oc1ccccc1. The average molecular weight is 354 g/mol. The van der Waals surface area contributed by atoms with Crippen LogP contribution in [0.3, 0.4) is 0 Å². The van der Waals surface area contributed by atoms with Crippen molar-refractivity contribution in [1.29, 1.82) is 0 Å². The number of nitrogens with zero attached hydrogens (tertiary/aromatic N) is 1. The Balaban J connectivity index is 1.74. The highest BCUT2D eigenvalue weighted by Gasteiger charge is 2.40. The molecule has 0 spiro atoms. The maximum absolute atomic E-state index is 12.8. The number of hydrogen-bond donors (Lipinski definition) is 2. The van der Waals surface area contributed by atoms with E-state index in [0.29, 0.717) is 5.75 Å². The number of aliphatic hydroxyl groups is 1. The number of para-hydroxylation sites is 2. The molecule has 6 heteroatoms. The molecule has 0 aromatic heterocycles. The molecule has 136 valence electrons. The molecule has 0 bridgehead atoms. The lowest BCUT2D eigenvalue weighted by atomic mass is 10.1. The van der Waals surface area contributed by atoms with Gasteiger partial charge in [-0.25, -0.2) is 4.79 Å². The van der Waals surface area contributed by atoms with Gasteiger partial charge in [0.1, 0.15) is 11.8 Å². The first-order chi connectivity index (χ1) is 12.5. The van der Waals surface area contributed by atoms with Crippen LogP contribution in [0.2, 0.25) is 0 Å². The molecule has 1 heterocycles. The first kappa shape index (κ1) is 17.9. The Kier molecular flexibility index (Phi) is 5.23. The molecule has 0 saturated carbocycles. The molecule has 3 rings (SSSR count). The molecular formula is C20H22N2O4. The summed E-state index contributed by atoms with van der Waals surface area (Å²) in [7, 11) is 0. The van der Waals surface area contributed by atoms with Crippen LogP contribution in [0.4, 0.5) is 10.5 Å². The maximum Gasteiger partial charge on any atom is 0.416 e. The Morgan fingerprint density at radius 1 is 1.08 bits per heavy atom. The molecule has 2 N–H and O–H groups in total. The van der Waals surface area contributed by atoms with Crippen LogP contribution in [0.15, 0.2) is 48.5 Å². The number of benzene rings is 2. The van der Waals surface area contributed by atoms with Crippen LogP contribution in [0, 0.1) is 13.8 Å². The zero-order chi connectivity index (χ0) is 18.7. The quantitative estimate of drug-likeness (QED) is 0.888. The highest BCUT2D eigenvalue weighted by atomic mass is 16.6. The molecule has 0 aliphatic carbocycles. The molecule has 1 aliphatic heterocycles. The number of aryl methyl sites for hydroxylation is 2. The molecule has 26 heavy (non-hydrogen) atoms. The number of likely N-dealkylation sites (tertiary alicyclic amines) is 1. The van der Waals surface area contributed by atoms with Crippen LogP contribution in [0.1, 0.15) is 17.5 Å². The van der Waals surface area contributed by atoms with Gasteiger partial charge in [-0.15, -0.1) is 0 Å². The topological polar surface area (TPSA) is 78.9 Å². The van der Waals surface area contributed by atoms with Gasteiger partial charge in [0.25, 0.3) is 0 Å². The number of carbonyl (C=O) groups is 2. The number of carbonyl (C=O) groups excluding carboxylic acids is 2.